The van der Waals surface area contributed by atoms with E-state index in [-0.39, 0.29) is 5.97 Å². The van der Waals surface area contributed by atoms with Crippen LogP contribution >= 0.6 is 0 Å². The molecular formula is C9H18O2Sn. The van der Waals surface area contributed by atoms with Gasteiger partial charge in [-0.2, -0.15) is 0 Å². The molecule has 0 aromatic heterocycles. The summed E-state index contributed by atoms with van der Waals surface area (Å²) in [5, 5.41) is 0. The zero-order valence-electron chi connectivity index (χ0n) is 8.60. The second kappa shape index (κ2) is 4.90. The van der Waals surface area contributed by atoms with Gasteiger partial charge in [0.05, 0.1) is 0 Å². The van der Waals surface area contributed by atoms with Crippen molar-refractivity contribution in [2.45, 2.75) is 28.7 Å². The first-order valence-corrected chi connectivity index (χ1v) is 14.4. The molecule has 0 spiro atoms. The average Bonchev–Trinajstić information content (AvgIpc) is 1.84. The Morgan fingerprint density at radius 2 is 1.92 bits per heavy atom. The Kier molecular flexibility index (Phi) is 4.90. The molecule has 0 aromatic rings. The summed E-state index contributed by atoms with van der Waals surface area (Å²) in [5.74, 6) is -0.163. The fourth-order valence-corrected chi connectivity index (χ4v) is 5.00. The fourth-order valence-electron chi connectivity index (χ4n) is 0.953. The van der Waals surface area contributed by atoms with Crippen LogP contribution in [0.4, 0.5) is 0 Å². The summed E-state index contributed by atoms with van der Waals surface area (Å²) >= 11 is -1.95. The van der Waals surface area contributed by atoms with Crippen molar-refractivity contribution in [1.29, 1.82) is 0 Å². The number of esters is 1. The summed E-state index contributed by atoms with van der Waals surface area (Å²) in [5.41, 5.74) is 0.778. The molecule has 0 aromatic carbocycles. The topological polar surface area (TPSA) is 26.3 Å². The van der Waals surface area contributed by atoms with E-state index >= 15 is 0 Å². The van der Waals surface area contributed by atoms with Crippen LogP contribution in [0.3, 0.4) is 0 Å². The first-order chi connectivity index (χ1) is 5.37. The van der Waals surface area contributed by atoms with E-state index in [2.05, 4.69) is 18.9 Å². The molecule has 3 heteroatoms. The molecule has 0 bridgehead atoms. The fraction of sp³-hybridized carbons (Fsp3) is 0.667. The van der Waals surface area contributed by atoms with Crippen LogP contribution in [0.1, 0.15) is 13.8 Å². The molecule has 0 aliphatic carbocycles. The third-order valence-electron chi connectivity index (χ3n) is 1.25. The van der Waals surface area contributed by atoms with Gasteiger partial charge in [-0.15, -0.1) is 0 Å². The quantitative estimate of drug-likeness (QED) is 0.449. The van der Waals surface area contributed by atoms with E-state index < -0.39 is 18.4 Å². The van der Waals surface area contributed by atoms with Crippen molar-refractivity contribution in [3.05, 3.63) is 9.67 Å². The number of hydrogen-bond donors (Lipinski definition) is 0. The van der Waals surface area contributed by atoms with E-state index in [1.165, 1.54) is 0 Å². The monoisotopic (exact) mass is 278 g/mol. The average molecular weight is 277 g/mol. The maximum absolute atomic E-state index is 11.2. The Hall–Kier alpha value is 0.00870. The van der Waals surface area contributed by atoms with Crippen LogP contribution in [0, 0.1) is 0 Å². The van der Waals surface area contributed by atoms with Gasteiger partial charge in [0.25, 0.3) is 0 Å². The number of rotatable bonds is 3. The molecule has 0 N–H and O–H groups in total. The minimum atomic E-state index is -1.95. The van der Waals surface area contributed by atoms with Crippen molar-refractivity contribution in [1.82, 2.24) is 0 Å². The summed E-state index contributed by atoms with van der Waals surface area (Å²) in [6, 6.07) is 0. The van der Waals surface area contributed by atoms with E-state index in [1.807, 2.05) is 13.8 Å². The van der Waals surface area contributed by atoms with Crippen molar-refractivity contribution in [3.8, 4) is 0 Å². The van der Waals surface area contributed by atoms with Gasteiger partial charge in [0.15, 0.2) is 0 Å². The number of hydrogen-bond acceptors (Lipinski definition) is 2. The van der Waals surface area contributed by atoms with Crippen LogP contribution in [0.25, 0.3) is 0 Å². The number of carbonyl (C=O) groups excluding carboxylic acids is 1. The van der Waals surface area contributed by atoms with Gasteiger partial charge in [-0.1, -0.05) is 0 Å². The van der Waals surface area contributed by atoms with Crippen LogP contribution in [-0.4, -0.2) is 31.0 Å². The van der Waals surface area contributed by atoms with Crippen LogP contribution in [0.5, 0.6) is 0 Å². The Balaban J connectivity index is 4.28. The summed E-state index contributed by atoms with van der Waals surface area (Å²) in [6.45, 7) is 4.12. The van der Waals surface area contributed by atoms with Crippen LogP contribution in [0.2, 0.25) is 14.8 Å². The van der Waals surface area contributed by atoms with E-state index in [9.17, 15) is 4.79 Å². The Labute approximate surface area is 78.9 Å². The molecule has 0 aliphatic rings. The molecule has 0 amide bonds. The molecule has 0 radical (unpaired) electrons. The van der Waals surface area contributed by atoms with Crippen molar-refractivity contribution in [2.75, 3.05) is 6.61 Å². The molecule has 2 nitrogen and oxygen atoms in total. The summed E-state index contributed by atoms with van der Waals surface area (Å²) in [7, 11) is 0. The van der Waals surface area contributed by atoms with Gasteiger partial charge in [0.2, 0.25) is 0 Å². The van der Waals surface area contributed by atoms with Gasteiger partial charge in [-0.25, -0.2) is 0 Å². The second-order valence-electron chi connectivity index (χ2n) is 3.91. The van der Waals surface area contributed by atoms with Crippen molar-refractivity contribution >= 4 is 24.3 Å². The zero-order valence-corrected chi connectivity index (χ0v) is 11.5. The molecule has 0 saturated heterocycles. The van der Waals surface area contributed by atoms with E-state index in [0.29, 0.717) is 6.61 Å². The molecule has 0 unspecified atom stereocenters. The molecular weight excluding hydrogens is 259 g/mol. The van der Waals surface area contributed by atoms with Crippen molar-refractivity contribution < 1.29 is 9.53 Å². The Morgan fingerprint density at radius 3 is 2.25 bits per heavy atom. The van der Waals surface area contributed by atoms with E-state index in [4.69, 9.17) is 4.74 Å². The summed E-state index contributed by atoms with van der Waals surface area (Å²) in [4.78, 5) is 17.9. The van der Waals surface area contributed by atoms with Crippen molar-refractivity contribution in [3.63, 3.8) is 0 Å². The molecule has 0 saturated carbocycles. The Bertz CT molecular complexity index is 189. The third-order valence-corrected chi connectivity index (χ3v) is 4.95. The first kappa shape index (κ1) is 12.0. The van der Waals surface area contributed by atoms with Gasteiger partial charge in [0.1, 0.15) is 0 Å². The van der Waals surface area contributed by atoms with Gasteiger partial charge in [-0.05, 0) is 0 Å². The molecule has 0 aliphatic heterocycles. The van der Waals surface area contributed by atoms with Gasteiger partial charge in [0, 0.05) is 0 Å². The summed E-state index contributed by atoms with van der Waals surface area (Å²) < 4.78 is 7.01. The van der Waals surface area contributed by atoms with Gasteiger partial charge < -0.3 is 0 Å². The minimum absolute atomic E-state index is 0.163. The number of ether oxygens (including phenoxy) is 1. The molecule has 70 valence electrons. The van der Waals surface area contributed by atoms with E-state index in [1.54, 1.807) is 0 Å². The zero-order chi connectivity index (χ0) is 9.78. The molecule has 12 heavy (non-hydrogen) atoms. The number of carbonyl (C=O) groups is 1. The predicted molar refractivity (Wildman–Crippen MR) is 53.7 cm³/mol. The normalized spacial score (nSPS) is 12.9. The first-order valence-electron chi connectivity index (χ1n) is 4.23. The van der Waals surface area contributed by atoms with Gasteiger partial charge >= 0.3 is 78.8 Å². The molecule has 0 heterocycles. The standard InChI is InChI=1S/C6H9O2.3CH3.Sn/c1-4-8-6(7)5(2)3;;;;/h2H,4H2,1,3H3;3*1H3;. The van der Waals surface area contributed by atoms with Crippen LogP contribution < -0.4 is 0 Å². The maximum atomic E-state index is 11.2. The molecule has 0 rings (SSSR count). The molecule has 0 fully saturated rings. The van der Waals surface area contributed by atoms with E-state index in [0.717, 1.165) is 5.57 Å². The second-order valence-corrected chi connectivity index (χ2v) is 18.2. The SMILES string of the molecule is CCOC(=O)/C(C)=[CH]/[Sn]([CH3])([CH3])[CH3]. The Morgan fingerprint density at radius 1 is 1.42 bits per heavy atom. The molecule has 0 atom stereocenters. The van der Waals surface area contributed by atoms with Crippen LogP contribution in [-0.2, 0) is 9.53 Å². The predicted octanol–water partition coefficient (Wildman–Crippen LogP) is 2.37. The third kappa shape index (κ3) is 5.63. The van der Waals surface area contributed by atoms with Crippen molar-refractivity contribution in [2.24, 2.45) is 0 Å². The summed E-state index contributed by atoms with van der Waals surface area (Å²) in [6.07, 6.45) is 0. The van der Waals surface area contributed by atoms with Gasteiger partial charge in [-0.3, -0.25) is 0 Å². The van der Waals surface area contributed by atoms with Crippen LogP contribution in [0.15, 0.2) is 9.67 Å².